The third-order valence-electron chi connectivity index (χ3n) is 9.09. The zero-order valence-corrected chi connectivity index (χ0v) is 25.1. The van der Waals surface area contributed by atoms with Crippen LogP contribution in [0.5, 0.6) is 5.88 Å². The number of nitrogens with zero attached hydrogens (tertiary/aromatic N) is 2. The number of allylic oxidation sites excluding steroid dienone is 2. The predicted molar refractivity (Wildman–Crippen MR) is 161 cm³/mol. The number of aromatic nitrogens is 1. The molecule has 3 aliphatic rings. The number of esters is 1. The van der Waals surface area contributed by atoms with Crippen LogP contribution in [0.4, 0.5) is 0 Å². The normalized spacial score (nSPS) is 28.9. The van der Waals surface area contributed by atoms with Crippen molar-refractivity contribution in [3.63, 3.8) is 0 Å². The number of carbonyl (C=O) groups excluding carboxylic acids is 3. The minimum absolute atomic E-state index is 0.111. The minimum atomic E-state index is -1.20. The number of Topliss-reactive ketones (excluding diaryl/α,β-unsaturated/α-hetero) is 1. The van der Waals surface area contributed by atoms with Gasteiger partial charge in [-0.2, -0.15) is 0 Å². The predicted octanol–water partition coefficient (Wildman–Crippen LogP) is 5.22. The third-order valence-corrected chi connectivity index (χ3v) is 9.09. The standard InChI is InChI=1S/C34H40N2O7/c1-5-23-18-34(23,32(40)41)19-28(37)27-16-24-20-36(27)31(39)26(33(2,3)4)17-29(38)42-14-8-6-7-9-21-10-11-22-12-13-35-30(43-24)25(22)15-21/h5,7,9-13,15,23-24,26-27H,1,6,8,14,16-20H2,2-4H3,(H,40,41)/b9-7+/t23-,24-,26-,27+,34-/m1/s1. The molecule has 2 aliphatic heterocycles. The number of ether oxygens (including phenoxy) is 2. The SMILES string of the molecule is C=C[C@@H]1C[C@]1(CC(=O)[C@@H]1C[C@@H]2CN1C(=O)[C@H](C(C)(C)C)CC(=O)OCCC/C=C/c1ccc3ccnc(c3c1)O2)C(=O)O. The van der Waals surface area contributed by atoms with E-state index >= 15 is 0 Å². The summed E-state index contributed by atoms with van der Waals surface area (Å²) in [7, 11) is 0. The molecule has 1 aliphatic carbocycles. The van der Waals surface area contributed by atoms with E-state index in [0.29, 0.717) is 25.1 Å². The fourth-order valence-electron chi connectivity index (χ4n) is 6.34. The molecule has 1 N–H and O–H groups in total. The summed E-state index contributed by atoms with van der Waals surface area (Å²) in [5, 5.41) is 11.7. The molecule has 1 aromatic carbocycles. The second-order valence-electron chi connectivity index (χ2n) is 13.1. The first-order valence-corrected chi connectivity index (χ1v) is 15.0. The fourth-order valence-corrected chi connectivity index (χ4v) is 6.34. The number of hydrogen-bond acceptors (Lipinski definition) is 7. The summed E-state index contributed by atoms with van der Waals surface area (Å²) in [4.78, 5) is 59.1. The first kappa shape index (κ1) is 30.4. The van der Waals surface area contributed by atoms with Crippen LogP contribution in [0, 0.1) is 22.7 Å². The van der Waals surface area contributed by atoms with E-state index < -0.39 is 40.8 Å². The van der Waals surface area contributed by atoms with E-state index in [4.69, 9.17) is 9.47 Å². The lowest BCUT2D eigenvalue weighted by Gasteiger charge is -2.34. The number of fused-ring (bicyclic) bond motifs is 3. The second kappa shape index (κ2) is 11.9. The first-order chi connectivity index (χ1) is 20.4. The van der Waals surface area contributed by atoms with Crippen molar-refractivity contribution in [3.05, 3.63) is 54.8 Å². The van der Waals surface area contributed by atoms with E-state index in [1.165, 1.54) is 4.90 Å². The lowest BCUT2D eigenvalue weighted by atomic mass is 9.77. The van der Waals surface area contributed by atoms with Crippen molar-refractivity contribution in [1.29, 1.82) is 0 Å². The lowest BCUT2D eigenvalue weighted by Crippen LogP contribution is -2.48. The van der Waals surface area contributed by atoms with Gasteiger partial charge in [0.2, 0.25) is 11.8 Å². The number of aliphatic carboxylic acids is 1. The number of carboxylic acids is 1. The smallest absolute Gasteiger partial charge is 0.310 e. The maximum atomic E-state index is 14.2. The van der Waals surface area contributed by atoms with E-state index in [0.717, 1.165) is 16.3 Å². The molecule has 1 amide bonds. The summed E-state index contributed by atoms with van der Waals surface area (Å²) in [6, 6.07) is 7.00. The molecule has 5 rings (SSSR count). The Balaban J connectivity index is 1.51. The Bertz CT molecular complexity index is 1470. The molecule has 0 spiro atoms. The lowest BCUT2D eigenvalue weighted by molar-refractivity contribution is -0.153. The molecule has 5 atom stereocenters. The molecule has 0 radical (unpaired) electrons. The van der Waals surface area contributed by atoms with Crippen molar-refractivity contribution in [1.82, 2.24) is 9.88 Å². The number of carboxylic acid groups (broad SMARTS) is 1. The van der Waals surface area contributed by atoms with Crippen molar-refractivity contribution < 1.29 is 33.8 Å². The summed E-state index contributed by atoms with van der Waals surface area (Å²) in [5.41, 5.74) is -0.840. The van der Waals surface area contributed by atoms with Crippen LogP contribution in [-0.4, -0.2) is 63.9 Å². The highest BCUT2D eigenvalue weighted by Crippen LogP contribution is 2.56. The Kier molecular flexibility index (Phi) is 8.45. The molecule has 1 saturated carbocycles. The third kappa shape index (κ3) is 6.36. The average Bonchev–Trinajstić information content (AvgIpc) is 3.52. The number of carbonyl (C=O) groups is 4. The summed E-state index contributed by atoms with van der Waals surface area (Å²) in [6.45, 7) is 9.74. The van der Waals surface area contributed by atoms with Gasteiger partial charge in [0.05, 0.1) is 36.9 Å². The van der Waals surface area contributed by atoms with Crippen LogP contribution < -0.4 is 4.74 Å². The Labute approximate surface area is 251 Å². The van der Waals surface area contributed by atoms with Gasteiger partial charge in [0, 0.05) is 24.4 Å². The Morgan fingerprint density at radius 1 is 1.23 bits per heavy atom. The van der Waals surface area contributed by atoms with E-state index in [-0.39, 0.29) is 50.0 Å². The first-order valence-electron chi connectivity index (χ1n) is 15.0. The molecule has 43 heavy (non-hydrogen) atoms. The number of benzene rings is 1. The van der Waals surface area contributed by atoms with Crippen LogP contribution in [0.3, 0.4) is 0 Å². The highest BCUT2D eigenvalue weighted by atomic mass is 16.5. The van der Waals surface area contributed by atoms with Gasteiger partial charge in [-0.05, 0) is 53.7 Å². The van der Waals surface area contributed by atoms with Crippen LogP contribution in [-0.2, 0) is 23.9 Å². The van der Waals surface area contributed by atoms with Crippen molar-refractivity contribution in [2.45, 2.75) is 71.4 Å². The highest BCUT2D eigenvalue weighted by Gasteiger charge is 2.61. The van der Waals surface area contributed by atoms with Crippen LogP contribution in [0.2, 0.25) is 0 Å². The number of hydrogen-bond donors (Lipinski definition) is 1. The van der Waals surface area contributed by atoms with Crippen LogP contribution in [0.15, 0.2) is 49.2 Å². The van der Waals surface area contributed by atoms with Crippen molar-refractivity contribution in [2.75, 3.05) is 13.2 Å². The molecule has 1 saturated heterocycles. The molecule has 0 unspecified atom stereocenters. The summed E-state index contributed by atoms with van der Waals surface area (Å²) < 4.78 is 11.9. The van der Waals surface area contributed by atoms with Gasteiger partial charge in [0.1, 0.15) is 6.10 Å². The van der Waals surface area contributed by atoms with E-state index in [2.05, 4.69) is 11.6 Å². The summed E-state index contributed by atoms with van der Waals surface area (Å²) in [6.07, 6.45) is 8.29. The second-order valence-corrected chi connectivity index (χ2v) is 13.1. The van der Waals surface area contributed by atoms with Gasteiger partial charge in [0.15, 0.2) is 5.78 Å². The van der Waals surface area contributed by atoms with Gasteiger partial charge in [-0.25, -0.2) is 4.98 Å². The molecule has 1 aromatic heterocycles. The van der Waals surface area contributed by atoms with Crippen molar-refractivity contribution >= 4 is 40.5 Å². The van der Waals surface area contributed by atoms with Crippen molar-refractivity contribution in [3.8, 4) is 5.88 Å². The number of ketones is 1. The van der Waals surface area contributed by atoms with E-state index in [9.17, 15) is 24.3 Å². The van der Waals surface area contributed by atoms with Crippen LogP contribution in [0.25, 0.3) is 16.8 Å². The Morgan fingerprint density at radius 2 is 2.02 bits per heavy atom. The highest BCUT2D eigenvalue weighted by molar-refractivity contribution is 5.95. The number of amides is 1. The largest absolute Gasteiger partial charge is 0.481 e. The average molecular weight is 589 g/mol. The molecular weight excluding hydrogens is 548 g/mol. The van der Waals surface area contributed by atoms with Gasteiger partial charge in [0.25, 0.3) is 0 Å². The molecule has 9 nitrogen and oxygen atoms in total. The minimum Gasteiger partial charge on any atom is -0.481 e. The van der Waals surface area contributed by atoms with E-state index in [1.54, 1.807) is 12.3 Å². The quantitative estimate of drug-likeness (QED) is 0.373. The fraction of sp³-hybridized carbons (Fsp3) is 0.500. The van der Waals surface area contributed by atoms with Gasteiger partial charge < -0.3 is 19.5 Å². The monoisotopic (exact) mass is 588 g/mol. The maximum absolute atomic E-state index is 14.2. The molecule has 2 fully saturated rings. The number of cyclic esters (lactones) is 1. The van der Waals surface area contributed by atoms with Gasteiger partial charge in [-0.3, -0.25) is 19.2 Å². The molecule has 2 aromatic rings. The zero-order valence-electron chi connectivity index (χ0n) is 25.1. The zero-order chi connectivity index (χ0) is 30.9. The summed E-state index contributed by atoms with van der Waals surface area (Å²) >= 11 is 0. The Hall–Kier alpha value is -4.01. The van der Waals surface area contributed by atoms with Gasteiger partial charge in [-0.1, -0.05) is 51.1 Å². The molecule has 4 bridgehead atoms. The van der Waals surface area contributed by atoms with E-state index in [1.807, 2.05) is 57.2 Å². The Morgan fingerprint density at radius 3 is 2.72 bits per heavy atom. The molecular formula is C34H40N2O7. The number of pyridine rings is 1. The number of rotatable bonds is 5. The van der Waals surface area contributed by atoms with Gasteiger partial charge >= 0.3 is 11.9 Å². The van der Waals surface area contributed by atoms with Crippen LogP contribution >= 0.6 is 0 Å². The molecule has 228 valence electrons. The van der Waals surface area contributed by atoms with Crippen molar-refractivity contribution in [2.24, 2.45) is 22.7 Å². The molecule has 9 heteroatoms. The maximum Gasteiger partial charge on any atom is 0.310 e. The summed E-state index contributed by atoms with van der Waals surface area (Å²) in [5.74, 6) is -2.81. The van der Waals surface area contributed by atoms with Crippen LogP contribution in [0.1, 0.15) is 64.9 Å². The van der Waals surface area contributed by atoms with Gasteiger partial charge in [-0.15, -0.1) is 6.58 Å². The molecule has 3 heterocycles. The topological polar surface area (TPSA) is 123 Å².